The van der Waals surface area contributed by atoms with Crippen LogP contribution >= 0.6 is 0 Å². The Hall–Kier alpha value is -2.10. The first-order valence-electron chi connectivity index (χ1n) is 5.09. The fourth-order valence-corrected chi connectivity index (χ4v) is 1.40. The summed E-state index contributed by atoms with van der Waals surface area (Å²) in [6.07, 6.45) is 1.83. The average Bonchev–Trinajstić information content (AvgIpc) is 2.73. The standard InChI is InChI=1S/C12H13N3O/c1-10-7-8-15(14-10)9-13-12(16)11-5-3-2-4-6-11/h2-8H,9H2,1H3,(H,13,16). The van der Waals surface area contributed by atoms with E-state index >= 15 is 0 Å². The molecule has 1 aromatic carbocycles. The topological polar surface area (TPSA) is 46.9 Å². The summed E-state index contributed by atoms with van der Waals surface area (Å²) >= 11 is 0. The zero-order valence-corrected chi connectivity index (χ0v) is 9.05. The minimum Gasteiger partial charge on any atom is -0.333 e. The van der Waals surface area contributed by atoms with Gasteiger partial charge in [-0.3, -0.25) is 9.48 Å². The highest BCUT2D eigenvalue weighted by atomic mass is 16.1. The second-order valence-electron chi connectivity index (χ2n) is 3.53. The monoisotopic (exact) mass is 215 g/mol. The molecule has 0 aliphatic rings. The van der Waals surface area contributed by atoms with Gasteiger partial charge in [0.25, 0.3) is 5.91 Å². The molecule has 16 heavy (non-hydrogen) atoms. The van der Waals surface area contributed by atoms with Crippen LogP contribution in [0, 0.1) is 6.92 Å². The van der Waals surface area contributed by atoms with Gasteiger partial charge in [-0.15, -0.1) is 0 Å². The molecule has 1 N–H and O–H groups in total. The van der Waals surface area contributed by atoms with Crippen LogP contribution in [0.3, 0.4) is 0 Å². The van der Waals surface area contributed by atoms with Crippen molar-refractivity contribution in [3.05, 3.63) is 53.9 Å². The van der Waals surface area contributed by atoms with Crippen molar-refractivity contribution < 1.29 is 4.79 Å². The van der Waals surface area contributed by atoms with Crippen molar-refractivity contribution in [1.82, 2.24) is 15.1 Å². The Morgan fingerprint density at radius 3 is 2.69 bits per heavy atom. The van der Waals surface area contributed by atoms with Crippen molar-refractivity contribution in [2.24, 2.45) is 0 Å². The molecule has 1 aromatic heterocycles. The summed E-state index contributed by atoms with van der Waals surface area (Å²) in [5.74, 6) is -0.0891. The van der Waals surface area contributed by atoms with Crippen molar-refractivity contribution in [3.8, 4) is 0 Å². The lowest BCUT2D eigenvalue weighted by atomic mass is 10.2. The quantitative estimate of drug-likeness (QED) is 0.845. The first-order valence-corrected chi connectivity index (χ1v) is 5.09. The number of hydrogen-bond acceptors (Lipinski definition) is 2. The second-order valence-corrected chi connectivity index (χ2v) is 3.53. The highest BCUT2D eigenvalue weighted by Gasteiger charge is 2.03. The summed E-state index contributed by atoms with van der Waals surface area (Å²) in [7, 11) is 0. The number of benzene rings is 1. The van der Waals surface area contributed by atoms with Gasteiger partial charge in [-0.1, -0.05) is 18.2 Å². The molecule has 0 aliphatic heterocycles. The predicted molar refractivity (Wildman–Crippen MR) is 60.9 cm³/mol. The van der Waals surface area contributed by atoms with Crippen LogP contribution in [0.5, 0.6) is 0 Å². The van der Waals surface area contributed by atoms with Gasteiger partial charge >= 0.3 is 0 Å². The Bertz CT molecular complexity index is 476. The van der Waals surface area contributed by atoms with Gasteiger partial charge in [0.1, 0.15) is 6.67 Å². The van der Waals surface area contributed by atoms with E-state index in [9.17, 15) is 4.79 Å². The largest absolute Gasteiger partial charge is 0.333 e. The normalized spacial score (nSPS) is 10.1. The maximum absolute atomic E-state index is 11.7. The third kappa shape index (κ3) is 2.48. The van der Waals surface area contributed by atoms with Crippen LogP contribution in [0.2, 0.25) is 0 Å². The lowest BCUT2D eigenvalue weighted by Crippen LogP contribution is -2.26. The maximum Gasteiger partial charge on any atom is 0.252 e. The predicted octanol–water partition coefficient (Wildman–Crippen LogP) is 1.58. The third-order valence-electron chi connectivity index (χ3n) is 2.21. The molecule has 0 atom stereocenters. The number of nitrogens with zero attached hydrogens (tertiary/aromatic N) is 2. The SMILES string of the molecule is Cc1ccn(CNC(=O)c2ccccc2)n1. The zero-order valence-electron chi connectivity index (χ0n) is 9.05. The van der Waals surface area contributed by atoms with Crippen molar-refractivity contribution >= 4 is 5.91 Å². The van der Waals surface area contributed by atoms with Gasteiger partial charge in [0.2, 0.25) is 0 Å². The molecule has 82 valence electrons. The van der Waals surface area contributed by atoms with Crippen LogP contribution in [0.4, 0.5) is 0 Å². The molecule has 4 nitrogen and oxygen atoms in total. The molecule has 1 amide bonds. The lowest BCUT2D eigenvalue weighted by molar-refractivity contribution is 0.0940. The highest BCUT2D eigenvalue weighted by molar-refractivity contribution is 5.93. The van der Waals surface area contributed by atoms with Crippen LogP contribution < -0.4 is 5.32 Å². The average molecular weight is 215 g/mol. The van der Waals surface area contributed by atoms with E-state index in [0.717, 1.165) is 5.69 Å². The van der Waals surface area contributed by atoms with E-state index in [4.69, 9.17) is 0 Å². The number of aromatic nitrogens is 2. The molecule has 0 unspecified atom stereocenters. The third-order valence-corrected chi connectivity index (χ3v) is 2.21. The molecule has 2 rings (SSSR count). The molecule has 0 fully saturated rings. The summed E-state index contributed by atoms with van der Waals surface area (Å²) in [4.78, 5) is 11.7. The molecular formula is C12H13N3O. The van der Waals surface area contributed by atoms with Gasteiger partial charge in [0.05, 0.1) is 5.69 Å². The molecule has 2 aromatic rings. The molecule has 0 saturated heterocycles. The zero-order chi connectivity index (χ0) is 11.4. The van der Waals surface area contributed by atoms with E-state index in [1.807, 2.05) is 37.4 Å². The van der Waals surface area contributed by atoms with Gasteiger partial charge in [0, 0.05) is 11.8 Å². The first kappa shape index (κ1) is 10.4. The number of carbonyl (C=O) groups is 1. The second kappa shape index (κ2) is 4.61. The molecule has 0 radical (unpaired) electrons. The van der Waals surface area contributed by atoms with Crippen molar-refractivity contribution in [2.45, 2.75) is 13.6 Å². The highest BCUT2D eigenvalue weighted by Crippen LogP contribution is 1.98. The van der Waals surface area contributed by atoms with Crippen LogP contribution in [-0.2, 0) is 6.67 Å². The van der Waals surface area contributed by atoms with Crippen LogP contribution in [0.25, 0.3) is 0 Å². The van der Waals surface area contributed by atoms with Gasteiger partial charge in [-0.25, -0.2) is 0 Å². The summed E-state index contributed by atoms with van der Waals surface area (Å²) in [5, 5.41) is 6.97. The van der Waals surface area contributed by atoms with Gasteiger partial charge < -0.3 is 5.32 Å². The Morgan fingerprint density at radius 1 is 1.31 bits per heavy atom. The van der Waals surface area contributed by atoms with Crippen molar-refractivity contribution in [1.29, 1.82) is 0 Å². The number of rotatable bonds is 3. The van der Waals surface area contributed by atoms with Crippen LogP contribution in [0.15, 0.2) is 42.6 Å². The van der Waals surface area contributed by atoms with E-state index in [0.29, 0.717) is 12.2 Å². The molecule has 0 saturated carbocycles. The molecule has 0 spiro atoms. The molecule has 0 aliphatic carbocycles. The Balaban J connectivity index is 1.94. The Morgan fingerprint density at radius 2 is 2.06 bits per heavy atom. The minimum atomic E-state index is -0.0891. The van der Waals surface area contributed by atoms with Crippen molar-refractivity contribution in [3.63, 3.8) is 0 Å². The Labute approximate surface area is 93.9 Å². The molecule has 4 heteroatoms. The number of nitrogens with one attached hydrogen (secondary N) is 1. The number of carbonyl (C=O) groups excluding carboxylic acids is 1. The smallest absolute Gasteiger partial charge is 0.252 e. The van der Waals surface area contributed by atoms with Crippen LogP contribution in [0.1, 0.15) is 16.1 Å². The van der Waals surface area contributed by atoms with E-state index in [1.54, 1.807) is 16.8 Å². The van der Waals surface area contributed by atoms with E-state index < -0.39 is 0 Å². The van der Waals surface area contributed by atoms with Gasteiger partial charge in [-0.05, 0) is 25.1 Å². The summed E-state index contributed by atoms with van der Waals surface area (Å²) in [6.45, 7) is 2.30. The summed E-state index contributed by atoms with van der Waals surface area (Å²) < 4.78 is 1.69. The fourth-order valence-electron chi connectivity index (χ4n) is 1.40. The summed E-state index contributed by atoms with van der Waals surface area (Å²) in [5.41, 5.74) is 1.60. The summed E-state index contributed by atoms with van der Waals surface area (Å²) in [6, 6.07) is 11.0. The number of amides is 1. The number of aryl methyl sites for hydroxylation is 1. The van der Waals surface area contributed by atoms with Crippen molar-refractivity contribution in [2.75, 3.05) is 0 Å². The first-order chi connectivity index (χ1) is 7.75. The lowest BCUT2D eigenvalue weighted by Gasteiger charge is -2.04. The van der Waals surface area contributed by atoms with E-state index in [-0.39, 0.29) is 5.91 Å². The van der Waals surface area contributed by atoms with Gasteiger partial charge in [-0.2, -0.15) is 5.10 Å². The maximum atomic E-state index is 11.7. The van der Waals surface area contributed by atoms with Gasteiger partial charge in [0.15, 0.2) is 0 Å². The van der Waals surface area contributed by atoms with E-state index in [2.05, 4.69) is 10.4 Å². The fraction of sp³-hybridized carbons (Fsp3) is 0.167. The molecular weight excluding hydrogens is 202 g/mol. The minimum absolute atomic E-state index is 0.0891. The molecule has 0 bridgehead atoms. The molecule has 1 heterocycles. The van der Waals surface area contributed by atoms with Crippen LogP contribution in [-0.4, -0.2) is 15.7 Å². The van der Waals surface area contributed by atoms with E-state index in [1.165, 1.54) is 0 Å². The number of hydrogen-bond donors (Lipinski definition) is 1. The Kier molecular flexibility index (Phi) is 3.00.